The standard InChI is InChI=1S/C15H7BrCl2O2/c16-10-4-9(5-11(17)7-10)14(19)13-6-8-2-1-3-12(18)15(8)20-13/h1-7H. The van der Waals surface area contributed by atoms with Crippen molar-refractivity contribution in [1.82, 2.24) is 0 Å². The van der Waals surface area contributed by atoms with Crippen LogP contribution < -0.4 is 0 Å². The number of carbonyl (C=O) groups excluding carboxylic acids is 1. The molecule has 5 heteroatoms. The fourth-order valence-corrected chi connectivity index (χ4v) is 3.05. The van der Waals surface area contributed by atoms with Crippen LogP contribution in [0.15, 0.2) is 51.4 Å². The van der Waals surface area contributed by atoms with Crippen molar-refractivity contribution in [2.24, 2.45) is 0 Å². The lowest BCUT2D eigenvalue weighted by atomic mass is 10.1. The van der Waals surface area contributed by atoms with E-state index in [4.69, 9.17) is 27.6 Å². The highest BCUT2D eigenvalue weighted by Gasteiger charge is 2.16. The number of furan rings is 1. The van der Waals surface area contributed by atoms with Crippen molar-refractivity contribution in [3.8, 4) is 0 Å². The molecule has 1 aromatic heterocycles. The van der Waals surface area contributed by atoms with Crippen molar-refractivity contribution in [3.05, 3.63) is 68.3 Å². The summed E-state index contributed by atoms with van der Waals surface area (Å²) in [6.07, 6.45) is 0. The molecule has 3 aromatic rings. The molecule has 100 valence electrons. The Morgan fingerprint density at radius 2 is 1.90 bits per heavy atom. The zero-order chi connectivity index (χ0) is 14.3. The molecule has 0 unspecified atom stereocenters. The van der Waals surface area contributed by atoms with E-state index in [1.165, 1.54) is 0 Å². The van der Waals surface area contributed by atoms with Gasteiger partial charge in [0.1, 0.15) is 0 Å². The molecule has 0 aliphatic heterocycles. The smallest absolute Gasteiger partial charge is 0.228 e. The van der Waals surface area contributed by atoms with E-state index in [1.807, 2.05) is 12.1 Å². The molecule has 0 saturated heterocycles. The molecule has 0 atom stereocenters. The van der Waals surface area contributed by atoms with Crippen LogP contribution in [0, 0.1) is 0 Å². The number of ketones is 1. The van der Waals surface area contributed by atoms with Crippen LogP contribution in [0.3, 0.4) is 0 Å². The molecule has 0 saturated carbocycles. The summed E-state index contributed by atoms with van der Waals surface area (Å²) in [5, 5.41) is 1.76. The minimum Gasteiger partial charge on any atom is -0.451 e. The fourth-order valence-electron chi connectivity index (χ4n) is 1.97. The zero-order valence-electron chi connectivity index (χ0n) is 9.99. The molecule has 20 heavy (non-hydrogen) atoms. The van der Waals surface area contributed by atoms with E-state index in [1.54, 1.807) is 30.3 Å². The van der Waals surface area contributed by atoms with E-state index in [0.29, 0.717) is 21.2 Å². The Balaban J connectivity index is 2.10. The van der Waals surface area contributed by atoms with Crippen molar-refractivity contribution in [1.29, 1.82) is 0 Å². The van der Waals surface area contributed by atoms with Gasteiger partial charge in [-0.05, 0) is 30.3 Å². The van der Waals surface area contributed by atoms with Gasteiger partial charge in [-0.15, -0.1) is 0 Å². The monoisotopic (exact) mass is 368 g/mol. The first-order valence-electron chi connectivity index (χ1n) is 5.73. The van der Waals surface area contributed by atoms with E-state index in [0.717, 1.165) is 9.86 Å². The van der Waals surface area contributed by atoms with Gasteiger partial charge in [0.2, 0.25) is 5.78 Å². The third kappa shape index (κ3) is 2.49. The summed E-state index contributed by atoms with van der Waals surface area (Å²) in [5.41, 5.74) is 0.971. The molecule has 1 heterocycles. The number of para-hydroxylation sites is 1. The van der Waals surface area contributed by atoms with E-state index in [-0.39, 0.29) is 11.5 Å². The van der Waals surface area contributed by atoms with Crippen molar-refractivity contribution < 1.29 is 9.21 Å². The highest BCUT2D eigenvalue weighted by Crippen LogP contribution is 2.28. The van der Waals surface area contributed by atoms with Gasteiger partial charge in [-0.3, -0.25) is 4.79 Å². The van der Waals surface area contributed by atoms with Crippen LogP contribution in [0.4, 0.5) is 0 Å². The highest BCUT2D eigenvalue weighted by atomic mass is 79.9. The summed E-state index contributed by atoms with van der Waals surface area (Å²) in [6, 6.07) is 12.1. The van der Waals surface area contributed by atoms with Crippen LogP contribution in [0.5, 0.6) is 0 Å². The fraction of sp³-hybridized carbons (Fsp3) is 0. The maximum absolute atomic E-state index is 12.4. The van der Waals surface area contributed by atoms with Crippen LogP contribution in [0.1, 0.15) is 16.1 Å². The van der Waals surface area contributed by atoms with Gasteiger partial charge in [0.15, 0.2) is 11.3 Å². The number of fused-ring (bicyclic) bond motifs is 1. The molecule has 0 aliphatic carbocycles. The second kappa shape index (κ2) is 5.24. The van der Waals surface area contributed by atoms with Gasteiger partial charge in [0.25, 0.3) is 0 Å². The molecule has 0 radical (unpaired) electrons. The Hall–Kier alpha value is -1.29. The van der Waals surface area contributed by atoms with Gasteiger partial charge in [-0.2, -0.15) is 0 Å². The molecular weight excluding hydrogens is 363 g/mol. The predicted octanol–water partition coefficient (Wildman–Crippen LogP) is 5.73. The first kappa shape index (κ1) is 13.7. The lowest BCUT2D eigenvalue weighted by molar-refractivity contribution is 0.101. The molecular formula is C15H7BrCl2O2. The van der Waals surface area contributed by atoms with E-state index in [2.05, 4.69) is 15.9 Å². The Morgan fingerprint density at radius 1 is 1.10 bits per heavy atom. The van der Waals surface area contributed by atoms with Crippen LogP contribution in [0.25, 0.3) is 11.0 Å². The summed E-state index contributed by atoms with van der Waals surface area (Å²) < 4.78 is 6.29. The average molecular weight is 370 g/mol. The third-order valence-electron chi connectivity index (χ3n) is 2.84. The highest BCUT2D eigenvalue weighted by molar-refractivity contribution is 9.10. The summed E-state index contributed by atoms with van der Waals surface area (Å²) in [5.74, 6) is 0.00253. The Bertz CT molecular complexity index is 804. The SMILES string of the molecule is O=C(c1cc(Cl)cc(Br)c1)c1cc2cccc(Cl)c2o1. The third-order valence-corrected chi connectivity index (χ3v) is 3.82. The van der Waals surface area contributed by atoms with Crippen molar-refractivity contribution in [2.45, 2.75) is 0 Å². The Labute approximate surface area is 133 Å². The lowest BCUT2D eigenvalue weighted by Crippen LogP contribution is -1.99. The molecule has 0 aliphatic rings. The quantitative estimate of drug-likeness (QED) is 0.539. The number of hydrogen-bond acceptors (Lipinski definition) is 2. The molecule has 0 N–H and O–H groups in total. The van der Waals surface area contributed by atoms with Crippen molar-refractivity contribution in [3.63, 3.8) is 0 Å². The second-order valence-corrected chi connectivity index (χ2v) is 6.02. The van der Waals surface area contributed by atoms with Crippen molar-refractivity contribution in [2.75, 3.05) is 0 Å². The first-order chi connectivity index (χ1) is 9.54. The molecule has 2 aromatic carbocycles. The number of halogens is 3. The number of rotatable bonds is 2. The molecule has 0 spiro atoms. The molecule has 0 fully saturated rings. The van der Waals surface area contributed by atoms with Gasteiger partial charge in [0, 0.05) is 20.4 Å². The van der Waals surface area contributed by atoms with Gasteiger partial charge in [-0.1, -0.05) is 51.3 Å². The number of hydrogen-bond donors (Lipinski definition) is 0. The van der Waals surface area contributed by atoms with E-state index in [9.17, 15) is 4.79 Å². The maximum Gasteiger partial charge on any atom is 0.228 e. The van der Waals surface area contributed by atoms with Crippen LogP contribution in [-0.4, -0.2) is 5.78 Å². The van der Waals surface area contributed by atoms with E-state index >= 15 is 0 Å². The maximum atomic E-state index is 12.4. The van der Waals surface area contributed by atoms with Gasteiger partial charge >= 0.3 is 0 Å². The zero-order valence-corrected chi connectivity index (χ0v) is 13.1. The first-order valence-corrected chi connectivity index (χ1v) is 7.28. The predicted molar refractivity (Wildman–Crippen MR) is 83.8 cm³/mol. The Morgan fingerprint density at radius 3 is 2.60 bits per heavy atom. The summed E-state index contributed by atoms with van der Waals surface area (Å²) in [7, 11) is 0. The number of carbonyl (C=O) groups is 1. The normalized spacial score (nSPS) is 10.9. The molecule has 2 nitrogen and oxygen atoms in total. The van der Waals surface area contributed by atoms with E-state index < -0.39 is 0 Å². The summed E-state index contributed by atoms with van der Waals surface area (Å²) in [6.45, 7) is 0. The average Bonchev–Trinajstić information content (AvgIpc) is 2.82. The van der Waals surface area contributed by atoms with Gasteiger partial charge in [-0.25, -0.2) is 0 Å². The summed E-state index contributed by atoms with van der Waals surface area (Å²) >= 11 is 15.3. The Kier molecular flexibility index (Phi) is 3.59. The summed E-state index contributed by atoms with van der Waals surface area (Å²) in [4.78, 5) is 12.4. The van der Waals surface area contributed by atoms with Crippen LogP contribution in [0.2, 0.25) is 10.0 Å². The van der Waals surface area contributed by atoms with Gasteiger partial charge in [0.05, 0.1) is 5.02 Å². The van der Waals surface area contributed by atoms with Crippen molar-refractivity contribution >= 4 is 55.9 Å². The number of benzene rings is 2. The van der Waals surface area contributed by atoms with Crippen LogP contribution in [-0.2, 0) is 0 Å². The topological polar surface area (TPSA) is 30.2 Å². The molecule has 0 amide bonds. The lowest BCUT2D eigenvalue weighted by Gasteiger charge is -2.00. The minimum atomic E-state index is -0.236. The molecule has 3 rings (SSSR count). The second-order valence-electron chi connectivity index (χ2n) is 4.26. The molecule has 0 bridgehead atoms. The van der Waals surface area contributed by atoms with Crippen LogP contribution >= 0.6 is 39.1 Å². The largest absolute Gasteiger partial charge is 0.451 e. The van der Waals surface area contributed by atoms with Gasteiger partial charge < -0.3 is 4.42 Å². The minimum absolute atomic E-state index is 0.236.